The second-order valence-electron chi connectivity index (χ2n) is 6.17. The first kappa shape index (κ1) is 23.3. The summed E-state index contributed by atoms with van der Waals surface area (Å²) in [7, 11) is 4.40. The molecule has 0 fully saturated rings. The van der Waals surface area contributed by atoms with Crippen molar-refractivity contribution in [3.05, 3.63) is 42.0 Å². The highest BCUT2D eigenvalue weighted by Gasteiger charge is 2.33. The van der Waals surface area contributed by atoms with Gasteiger partial charge in [-0.05, 0) is 24.3 Å². The van der Waals surface area contributed by atoms with E-state index in [1.807, 2.05) is 0 Å². The molecule has 1 amide bonds. The topological polar surface area (TPSA) is 95.7 Å². The smallest absolute Gasteiger partial charge is 0.418 e. The van der Waals surface area contributed by atoms with E-state index in [9.17, 15) is 18.0 Å². The van der Waals surface area contributed by atoms with Crippen LogP contribution in [0.2, 0.25) is 0 Å². The minimum atomic E-state index is -4.58. The minimum absolute atomic E-state index is 0.0630. The number of thioether (sulfide) groups is 1. The van der Waals surface area contributed by atoms with E-state index in [1.54, 1.807) is 12.1 Å². The van der Waals surface area contributed by atoms with Crippen LogP contribution >= 0.6 is 11.8 Å². The zero-order valence-electron chi connectivity index (χ0n) is 17.1. The molecule has 0 unspecified atom stereocenters. The summed E-state index contributed by atoms with van der Waals surface area (Å²) in [4.78, 5) is 12.1. The molecule has 32 heavy (non-hydrogen) atoms. The van der Waals surface area contributed by atoms with Gasteiger partial charge >= 0.3 is 6.18 Å². The maximum absolute atomic E-state index is 13.1. The largest absolute Gasteiger partial charge is 0.493 e. The predicted octanol–water partition coefficient (Wildman–Crippen LogP) is 4.51. The highest BCUT2D eigenvalue weighted by atomic mass is 32.2. The van der Waals surface area contributed by atoms with Crippen LogP contribution in [0.3, 0.4) is 0 Å². The fourth-order valence-electron chi connectivity index (χ4n) is 2.74. The Balaban J connectivity index is 1.70. The number of carbonyl (C=O) groups is 1. The van der Waals surface area contributed by atoms with Gasteiger partial charge in [0, 0.05) is 5.56 Å². The summed E-state index contributed by atoms with van der Waals surface area (Å²) in [6, 6.07) is 7.95. The van der Waals surface area contributed by atoms with E-state index >= 15 is 0 Å². The summed E-state index contributed by atoms with van der Waals surface area (Å²) in [6.45, 7) is 0. The molecule has 1 aromatic heterocycles. The van der Waals surface area contributed by atoms with Gasteiger partial charge in [0.1, 0.15) is 0 Å². The van der Waals surface area contributed by atoms with Gasteiger partial charge in [-0.1, -0.05) is 23.9 Å². The molecule has 0 saturated heterocycles. The highest BCUT2D eigenvalue weighted by molar-refractivity contribution is 7.99. The number of benzene rings is 2. The van der Waals surface area contributed by atoms with Gasteiger partial charge in [-0.3, -0.25) is 4.79 Å². The van der Waals surface area contributed by atoms with Crippen molar-refractivity contribution in [2.45, 2.75) is 11.4 Å². The van der Waals surface area contributed by atoms with Gasteiger partial charge in [-0.15, -0.1) is 10.2 Å². The lowest BCUT2D eigenvalue weighted by atomic mass is 10.1. The van der Waals surface area contributed by atoms with Crippen LogP contribution in [0.25, 0.3) is 11.5 Å². The number of alkyl halides is 3. The molecular weight excluding hydrogens is 451 g/mol. The Hall–Kier alpha value is -3.41. The van der Waals surface area contributed by atoms with E-state index in [1.165, 1.54) is 39.5 Å². The number of nitrogens with one attached hydrogen (secondary N) is 1. The quantitative estimate of drug-likeness (QED) is 0.482. The molecule has 1 heterocycles. The lowest BCUT2D eigenvalue weighted by Gasteiger charge is -2.13. The third-order valence-electron chi connectivity index (χ3n) is 4.15. The molecule has 3 rings (SSSR count). The van der Waals surface area contributed by atoms with E-state index < -0.39 is 17.6 Å². The maximum atomic E-state index is 13.1. The molecule has 0 aliphatic heterocycles. The number of aromatic nitrogens is 2. The minimum Gasteiger partial charge on any atom is -0.493 e. The number of ether oxygens (including phenoxy) is 3. The second-order valence-corrected chi connectivity index (χ2v) is 7.09. The van der Waals surface area contributed by atoms with Crippen molar-refractivity contribution < 1.29 is 36.6 Å². The molecule has 170 valence electrons. The van der Waals surface area contributed by atoms with Gasteiger partial charge in [0.05, 0.1) is 38.3 Å². The highest BCUT2D eigenvalue weighted by Crippen LogP contribution is 2.41. The number of nitrogens with zero attached hydrogens (tertiary/aromatic N) is 2. The van der Waals surface area contributed by atoms with Crippen LogP contribution in [0, 0.1) is 0 Å². The molecule has 12 heteroatoms. The molecule has 0 aliphatic rings. The standard InChI is InChI=1S/C20H18F3N3O5S/c1-28-14-8-11(9-15(29-2)17(14)30-3)18-25-26-19(31-18)32-10-16(27)24-13-7-5-4-6-12(13)20(21,22)23/h4-9H,10H2,1-3H3,(H,24,27). The van der Waals surface area contributed by atoms with Crippen molar-refractivity contribution >= 4 is 23.4 Å². The van der Waals surface area contributed by atoms with Gasteiger partial charge in [-0.25, -0.2) is 0 Å². The fourth-order valence-corrected chi connectivity index (χ4v) is 3.31. The first-order chi connectivity index (χ1) is 15.3. The molecule has 0 aliphatic carbocycles. The second kappa shape index (κ2) is 9.81. The lowest BCUT2D eigenvalue weighted by Crippen LogP contribution is -2.18. The van der Waals surface area contributed by atoms with E-state index in [0.29, 0.717) is 22.8 Å². The molecule has 8 nitrogen and oxygen atoms in total. The maximum Gasteiger partial charge on any atom is 0.418 e. The Labute approximate surface area is 185 Å². The molecule has 3 aromatic rings. The number of carbonyl (C=O) groups excluding carboxylic acids is 1. The van der Waals surface area contributed by atoms with Gasteiger partial charge in [-0.2, -0.15) is 13.2 Å². The fraction of sp³-hybridized carbons (Fsp3) is 0.250. The summed E-state index contributed by atoms with van der Waals surface area (Å²) in [5.41, 5.74) is -0.766. The van der Waals surface area contributed by atoms with Crippen molar-refractivity contribution in [3.63, 3.8) is 0 Å². The molecule has 0 saturated carbocycles. The molecule has 0 spiro atoms. The third-order valence-corrected chi connectivity index (χ3v) is 4.97. The van der Waals surface area contributed by atoms with Crippen LogP contribution in [0.15, 0.2) is 46.0 Å². The van der Waals surface area contributed by atoms with E-state index in [4.69, 9.17) is 18.6 Å². The number of anilines is 1. The SMILES string of the molecule is COc1cc(-c2nnc(SCC(=O)Nc3ccccc3C(F)(F)F)o2)cc(OC)c1OC. The van der Waals surface area contributed by atoms with E-state index in [2.05, 4.69) is 15.5 Å². The van der Waals surface area contributed by atoms with Crippen molar-refractivity contribution in [2.75, 3.05) is 32.4 Å². The summed E-state index contributed by atoms with van der Waals surface area (Å²) in [5, 5.41) is 10.1. The number of halogens is 3. The summed E-state index contributed by atoms with van der Waals surface area (Å²) >= 11 is 0.883. The first-order valence-electron chi connectivity index (χ1n) is 8.99. The van der Waals surface area contributed by atoms with Crippen LogP contribution in [0.4, 0.5) is 18.9 Å². The number of hydrogen-bond donors (Lipinski definition) is 1. The molecular formula is C20H18F3N3O5S. The molecule has 0 bridgehead atoms. The van der Waals surface area contributed by atoms with Crippen molar-refractivity contribution in [2.24, 2.45) is 0 Å². The van der Waals surface area contributed by atoms with Crippen LogP contribution in [0.5, 0.6) is 17.2 Å². The van der Waals surface area contributed by atoms with Crippen LogP contribution < -0.4 is 19.5 Å². The monoisotopic (exact) mass is 469 g/mol. The van der Waals surface area contributed by atoms with Gasteiger partial charge in [0.25, 0.3) is 5.22 Å². The van der Waals surface area contributed by atoms with E-state index in [-0.39, 0.29) is 22.6 Å². The average Bonchev–Trinajstić information content (AvgIpc) is 3.25. The summed E-state index contributed by atoms with van der Waals surface area (Å²) in [6.07, 6.45) is -4.58. The van der Waals surface area contributed by atoms with Crippen molar-refractivity contribution in [3.8, 4) is 28.7 Å². The van der Waals surface area contributed by atoms with Crippen LogP contribution in [0.1, 0.15) is 5.56 Å². The van der Waals surface area contributed by atoms with E-state index in [0.717, 1.165) is 17.8 Å². The van der Waals surface area contributed by atoms with Gasteiger partial charge in [0.2, 0.25) is 17.5 Å². The lowest BCUT2D eigenvalue weighted by molar-refractivity contribution is -0.137. The third kappa shape index (κ3) is 5.25. The predicted molar refractivity (Wildman–Crippen MR) is 110 cm³/mol. The number of hydrogen-bond acceptors (Lipinski definition) is 8. The molecule has 2 aromatic carbocycles. The summed E-state index contributed by atoms with van der Waals surface area (Å²) < 4.78 is 60.5. The normalized spacial score (nSPS) is 11.2. The van der Waals surface area contributed by atoms with Gasteiger partial charge < -0.3 is 23.9 Å². The molecule has 0 radical (unpaired) electrons. The number of amides is 1. The Kier molecular flexibility index (Phi) is 7.13. The zero-order valence-corrected chi connectivity index (χ0v) is 18.0. The Bertz CT molecular complexity index is 1080. The first-order valence-corrected chi connectivity index (χ1v) is 9.98. The Morgan fingerprint density at radius 3 is 2.31 bits per heavy atom. The summed E-state index contributed by atoms with van der Waals surface area (Å²) in [5.74, 6) is 0.412. The van der Waals surface area contributed by atoms with Crippen molar-refractivity contribution in [1.82, 2.24) is 10.2 Å². The van der Waals surface area contributed by atoms with Crippen LogP contribution in [-0.2, 0) is 11.0 Å². The number of rotatable bonds is 8. The number of methoxy groups -OCH3 is 3. The van der Waals surface area contributed by atoms with Crippen LogP contribution in [-0.4, -0.2) is 43.2 Å². The zero-order chi connectivity index (χ0) is 23.3. The van der Waals surface area contributed by atoms with Gasteiger partial charge in [0.15, 0.2) is 11.5 Å². The molecule has 1 N–H and O–H groups in total. The Morgan fingerprint density at radius 1 is 1.06 bits per heavy atom. The van der Waals surface area contributed by atoms with Crippen molar-refractivity contribution in [1.29, 1.82) is 0 Å². The average molecular weight is 469 g/mol. The molecule has 0 atom stereocenters. The number of para-hydroxylation sites is 1. The Morgan fingerprint density at radius 2 is 1.72 bits per heavy atom.